The van der Waals surface area contributed by atoms with E-state index >= 15 is 0 Å². The summed E-state index contributed by atoms with van der Waals surface area (Å²) >= 11 is 1.59. The number of hydrogen-bond donors (Lipinski definition) is 1. The molecular weight excluding hydrogens is 346 g/mol. The van der Waals surface area contributed by atoms with E-state index in [1.54, 1.807) is 23.6 Å². The van der Waals surface area contributed by atoms with Crippen molar-refractivity contribution in [2.75, 3.05) is 0 Å². The fourth-order valence-corrected chi connectivity index (χ4v) is 3.52. The van der Waals surface area contributed by atoms with Crippen LogP contribution in [0.1, 0.15) is 41.8 Å². The second kappa shape index (κ2) is 8.10. The molecule has 5 nitrogen and oxygen atoms in total. The quantitative estimate of drug-likeness (QED) is 0.727. The molecule has 1 amide bonds. The van der Waals surface area contributed by atoms with Crippen molar-refractivity contribution in [2.24, 2.45) is 0 Å². The van der Waals surface area contributed by atoms with E-state index in [0.717, 1.165) is 10.4 Å². The third kappa shape index (κ3) is 4.26. The average molecular weight is 367 g/mol. The summed E-state index contributed by atoms with van der Waals surface area (Å²) in [5.74, 6) is 0.225. The number of nitrogens with zero attached hydrogens (tertiary/aromatic N) is 2. The predicted molar refractivity (Wildman–Crippen MR) is 103 cm³/mol. The van der Waals surface area contributed by atoms with Gasteiger partial charge in [-0.05, 0) is 34.6 Å². The van der Waals surface area contributed by atoms with Crippen molar-refractivity contribution in [2.45, 2.75) is 32.4 Å². The van der Waals surface area contributed by atoms with Crippen molar-refractivity contribution in [1.82, 2.24) is 14.9 Å². The van der Waals surface area contributed by atoms with E-state index in [9.17, 15) is 9.59 Å². The molecule has 0 spiro atoms. The molecule has 1 unspecified atom stereocenters. The minimum Gasteiger partial charge on any atom is -0.343 e. The fourth-order valence-electron chi connectivity index (χ4n) is 2.72. The lowest BCUT2D eigenvalue weighted by Gasteiger charge is -2.19. The largest absolute Gasteiger partial charge is 0.347 e. The van der Waals surface area contributed by atoms with E-state index < -0.39 is 5.69 Å². The molecule has 26 heavy (non-hydrogen) atoms. The first-order valence-corrected chi connectivity index (χ1v) is 9.36. The number of thiophene rings is 1. The van der Waals surface area contributed by atoms with Crippen LogP contribution in [0.5, 0.6) is 0 Å². The average Bonchev–Trinajstić information content (AvgIpc) is 3.16. The molecule has 0 radical (unpaired) electrons. The summed E-state index contributed by atoms with van der Waals surface area (Å²) in [5.41, 5.74) is 1.84. The number of nitrogens with one attached hydrogen (secondary N) is 1. The lowest BCUT2D eigenvalue weighted by molar-refractivity contribution is -0.122. The van der Waals surface area contributed by atoms with Crippen LogP contribution < -0.4 is 11.0 Å². The van der Waals surface area contributed by atoms with Crippen molar-refractivity contribution >= 4 is 17.2 Å². The van der Waals surface area contributed by atoms with Crippen LogP contribution >= 0.6 is 11.3 Å². The van der Waals surface area contributed by atoms with Gasteiger partial charge in [-0.2, -0.15) is 0 Å². The van der Waals surface area contributed by atoms with Crippen LogP contribution in [0.25, 0.3) is 0 Å². The van der Waals surface area contributed by atoms with Gasteiger partial charge in [0, 0.05) is 17.3 Å². The minimum atomic E-state index is -0.434. The van der Waals surface area contributed by atoms with Crippen LogP contribution in [-0.2, 0) is 11.3 Å². The monoisotopic (exact) mass is 367 g/mol. The first kappa shape index (κ1) is 18.1. The van der Waals surface area contributed by atoms with E-state index in [1.165, 1.54) is 16.3 Å². The molecule has 3 aromatic rings. The summed E-state index contributed by atoms with van der Waals surface area (Å²) in [6, 6.07) is 13.7. The Labute approximate surface area is 156 Å². The Kier molecular flexibility index (Phi) is 5.63. The lowest BCUT2D eigenvalue weighted by atomic mass is 9.98. The van der Waals surface area contributed by atoms with Crippen molar-refractivity contribution in [3.05, 3.63) is 86.7 Å². The van der Waals surface area contributed by atoms with Crippen molar-refractivity contribution in [1.29, 1.82) is 0 Å². The van der Waals surface area contributed by atoms with Crippen molar-refractivity contribution in [3.8, 4) is 0 Å². The van der Waals surface area contributed by atoms with Gasteiger partial charge in [-0.3, -0.25) is 9.36 Å². The predicted octanol–water partition coefficient (Wildman–Crippen LogP) is 3.33. The number of amides is 1. The molecule has 2 heterocycles. The van der Waals surface area contributed by atoms with Gasteiger partial charge in [0.25, 0.3) is 0 Å². The lowest BCUT2D eigenvalue weighted by Crippen LogP contribution is -2.35. The Morgan fingerprint density at radius 2 is 1.88 bits per heavy atom. The van der Waals surface area contributed by atoms with Gasteiger partial charge in [0.15, 0.2) is 0 Å². The van der Waals surface area contributed by atoms with Gasteiger partial charge in [0.05, 0.1) is 6.04 Å². The topological polar surface area (TPSA) is 64.0 Å². The summed E-state index contributed by atoms with van der Waals surface area (Å²) in [4.78, 5) is 29.0. The Morgan fingerprint density at radius 3 is 2.50 bits per heavy atom. The Morgan fingerprint density at radius 1 is 1.15 bits per heavy atom. The van der Waals surface area contributed by atoms with Crippen LogP contribution in [0.3, 0.4) is 0 Å². The van der Waals surface area contributed by atoms with Crippen molar-refractivity contribution < 1.29 is 4.79 Å². The van der Waals surface area contributed by atoms with E-state index in [2.05, 4.69) is 48.4 Å². The molecule has 0 fully saturated rings. The molecule has 2 aromatic heterocycles. The number of carbonyl (C=O) groups is 1. The third-order valence-corrected chi connectivity index (χ3v) is 5.10. The Hall–Kier alpha value is -2.73. The van der Waals surface area contributed by atoms with Crippen molar-refractivity contribution in [3.63, 3.8) is 0 Å². The maximum absolute atomic E-state index is 12.5. The second-order valence-electron chi connectivity index (χ2n) is 6.37. The number of aromatic nitrogens is 2. The maximum Gasteiger partial charge on any atom is 0.347 e. The highest BCUT2D eigenvalue weighted by molar-refractivity contribution is 7.10. The molecule has 1 aromatic carbocycles. The van der Waals surface area contributed by atoms with Crippen LogP contribution in [0, 0.1) is 0 Å². The molecule has 0 bridgehead atoms. The van der Waals surface area contributed by atoms with Crippen LogP contribution in [0.15, 0.2) is 65.0 Å². The third-order valence-electron chi connectivity index (χ3n) is 4.17. The van der Waals surface area contributed by atoms with Crippen LogP contribution in [-0.4, -0.2) is 15.5 Å². The fraction of sp³-hybridized carbons (Fsp3) is 0.250. The van der Waals surface area contributed by atoms with Gasteiger partial charge in [0.2, 0.25) is 5.91 Å². The first-order chi connectivity index (χ1) is 12.5. The van der Waals surface area contributed by atoms with E-state index in [4.69, 9.17) is 0 Å². The molecule has 0 saturated carbocycles. The zero-order valence-electron chi connectivity index (χ0n) is 14.8. The van der Waals surface area contributed by atoms with Gasteiger partial charge in [-0.25, -0.2) is 9.78 Å². The Bertz CT molecular complexity index is 915. The molecule has 0 aliphatic carbocycles. The van der Waals surface area contributed by atoms with Gasteiger partial charge < -0.3 is 5.32 Å². The van der Waals surface area contributed by atoms with Crippen LogP contribution in [0.4, 0.5) is 0 Å². The summed E-state index contributed by atoms with van der Waals surface area (Å²) in [7, 11) is 0. The SMILES string of the molecule is CC(C)c1ccc(C(NC(=O)Cn2cccnc2=O)c2cccs2)cc1. The molecule has 0 saturated heterocycles. The number of carbonyl (C=O) groups excluding carboxylic acids is 1. The standard InChI is InChI=1S/C20H21N3O2S/c1-14(2)15-6-8-16(9-7-15)19(17-5-3-12-26-17)22-18(24)13-23-11-4-10-21-20(23)25/h3-12,14,19H,13H2,1-2H3,(H,22,24). The smallest absolute Gasteiger partial charge is 0.343 e. The van der Waals surface area contributed by atoms with Gasteiger partial charge in [-0.15, -0.1) is 11.3 Å². The molecular formula is C20H21N3O2S. The van der Waals surface area contributed by atoms with Gasteiger partial charge >= 0.3 is 5.69 Å². The highest BCUT2D eigenvalue weighted by atomic mass is 32.1. The molecule has 134 valence electrons. The summed E-state index contributed by atoms with van der Waals surface area (Å²) in [6.45, 7) is 4.25. The molecule has 6 heteroatoms. The Balaban J connectivity index is 1.82. The number of rotatable bonds is 6. The summed E-state index contributed by atoms with van der Waals surface area (Å²) < 4.78 is 1.29. The van der Waals surface area contributed by atoms with E-state index in [-0.39, 0.29) is 18.5 Å². The molecule has 1 N–H and O–H groups in total. The molecule has 0 aliphatic heterocycles. The van der Waals surface area contributed by atoms with Gasteiger partial charge in [0.1, 0.15) is 6.54 Å². The second-order valence-corrected chi connectivity index (χ2v) is 7.35. The first-order valence-electron chi connectivity index (χ1n) is 8.48. The van der Waals surface area contributed by atoms with E-state index in [1.807, 2.05) is 17.5 Å². The van der Waals surface area contributed by atoms with Crippen LogP contribution in [0.2, 0.25) is 0 Å². The summed E-state index contributed by atoms with van der Waals surface area (Å²) in [5, 5.41) is 5.03. The minimum absolute atomic E-state index is 0.0569. The molecule has 1 atom stereocenters. The number of benzene rings is 1. The zero-order valence-corrected chi connectivity index (χ0v) is 15.6. The van der Waals surface area contributed by atoms with E-state index in [0.29, 0.717) is 5.92 Å². The normalized spacial score (nSPS) is 12.1. The highest BCUT2D eigenvalue weighted by Crippen LogP contribution is 2.27. The van der Waals surface area contributed by atoms with Gasteiger partial charge in [-0.1, -0.05) is 44.2 Å². The number of hydrogen-bond acceptors (Lipinski definition) is 4. The summed E-state index contributed by atoms with van der Waals surface area (Å²) in [6.07, 6.45) is 2.98. The molecule has 0 aliphatic rings. The molecule has 3 rings (SSSR count). The zero-order chi connectivity index (χ0) is 18.5. The highest BCUT2D eigenvalue weighted by Gasteiger charge is 2.18. The maximum atomic E-state index is 12.5.